The van der Waals surface area contributed by atoms with Crippen LogP contribution >= 0.6 is 0 Å². The van der Waals surface area contributed by atoms with E-state index in [-0.39, 0.29) is 0 Å². The first kappa shape index (κ1) is 13.3. The highest BCUT2D eigenvalue weighted by molar-refractivity contribution is 5.79. The molecule has 0 aliphatic carbocycles. The van der Waals surface area contributed by atoms with Gasteiger partial charge in [-0.2, -0.15) is 0 Å². The maximum atomic E-state index is 4.24. The highest BCUT2D eigenvalue weighted by Crippen LogP contribution is 2.01. The lowest BCUT2D eigenvalue weighted by Gasteiger charge is -2.26. The SMILES string of the molecule is [CH2]CCCCCN(C)C(=NC)N(C)C. The molecule has 0 rings (SSSR count). The third kappa shape index (κ3) is 5.10. The van der Waals surface area contributed by atoms with E-state index in [1.807, 2.05) is 26.0 Å². The minimum atomic E-state index is 1.04. The molecule has 14 heavy (non-hydrogen) atoms. The molecule has 0 aliphatic rings. The lowest BCUT2D eigenvalue weighted by molar-refractivity contribution is 0.409. The van der Waals surface area contributed by atoms with Crippen molar-refractivity contribution in [1.82, 2.24) is 9.80 Å². The zero-order valence-electron chi connectivity index (χ0n) is 10.1. The molecular weight excluding hydrogens is 174 g/mol. The van der Waals surface area contributed by atoms with Crippen LogP contribution in [0.15, 0.2) is 4.99 Å². The van der Waals surface area contributed by atoms with Gasteiger partial charge in [0.15, 0.2) is 5.96 Å². The maximum Gasteiger partial charge on any atom is 0.195 e. The van der Waals surface area contributed by atoms with Crippen molar-refractivity contribution in [2.45, 2.75) is 25.7 Å². The molecular formula is C11H24N3. The summed E-state index contributed by atoms with van der Waals surface area (Å²) in [4.78, 5) is 8.48. The molecule has 83 valence electrons. The van der Waals surface area contributed by atoms with Crippen LogP contribution in [0.1, 0.15) is 25.7 Å². The van der Waals surface area contributed by atoms with Crippen molar-refractivity contribution in [2.75, 3.05) is 34.7 Å². The highest BCUT2D eigenvalue weighted by Gasteiger charge is 2.06. The van der Waals surface area contributed by atoms with Crippen LogP contribution in [-0.2, 0) is 0 Å². The molecule has 0 heterocycles. The van der Waals surface area contributed by atoms with E-state index >= 15 is 0 Å². The summed E-state index contributed by atoms with van der Waals surface area (Å²) in [5.41, 5.74) is 0. The summed E-state index contributed by atoms with van der Waals surface area (Å²) < 4.78 is 0. The van der Waals surface area contributed by atoms with Crippen LogP contribution in [0.25, 0.3) is 0 Å². The summed E-state index contributed by atoms with van der Waals surface area (Å²) >= 11 is 0. The Morgan fingerprint density at radius 2 is 1.79 bits per heavy atom. The van der Waals surface area contributed by atoms with Crippen molar-refractivity contribution in [3.63, 3.8) is 0 Å². The molecule has 0 saturated heterocycles. The van der Waals surface area contributed by atoms with Crippen LogP contribution < -0.4 is 0 Å². The molecule has 0 amide bonds. The molecule has 0 bridgehead atoms. The van der Waals surface area contributed by atoms with Gasteiger partial charge < -0.3 is 9.80 Å². The van der Waals surface area contributed by atoms with Gasteiger partial charge in [-0.3, -0.25) is 4.99 Å². The number of nitrogens with zero attached hydrogens (tertiary/aromatic N) is 3. The highest BCUT2D eigenvalue weighted by atomic mass is 15.3. The monoisotopic (exact) mass is 198 g/mol. The van der Waals surface area contributed by atoms with E-state index < -0.39 is 0 Å². The first-order chi connectivity index (χ1) is 6.63. The average molecular weight is 198 g/mol. The maximum absolute atomic E-state index is 4.24. The van der Waals surface area contributed by atoms with Gasteiger partial charge in [0.05, 0.1) is 0 Å². The van der Waals surface area contributed by atoms with Gasteiger partial charge in [0.25, 0.3) is 0 Å². The lowest BCUT2D eigenvalue weighted by atomic mass is 10.2. The van der Waals surface area contributed by atoms with Gasteiger partial charge in [-0.15, -0.1) is 0 Å². The second kappa shape index (κ2) is 7.65. The van der Waals surface area contributed by atoms with Crippen LogP contribution in [-0.4, -0.2) is 50.5 Å². The van der Waals surface area contributed by atoms with Crippen molar-refractivity contribution in [1.29, 1.82) is 0 Å². The van der Waals surface area contributed by atoms with Crippen molar-refractivity contribution < 1.29 is 0 Å². The van der Waals surface area contributed by atoms with Crippen LogP contribution in [0.5, 0.6) is 0 Å². The largest absolute Gasteiger partial charge is 0.349 e. The number of hydrogen-bond donors (Lipinski definition) is 0. The molecule has 0 aromatic carbocycles. The van der Waals surface area contributed by atoms with Crippen LogP contribution in [0.3, 0.4) is 0 Å². The fourth-order valence-electron chi connectivity index (χ4n) is 1.51. The third-order valence-corrected chi connectivity index (χ3v) is 2.18. The summed E-state index contributed by atoms with van der Waals surface area (Å²) in [6, 6.07) is 0. The van der Waals surface area contributed by atoms with Gasteiger partial charge in [0.2, 0.25) is 0 Å². The Morgan fingerprint density at radius 1 is 1.14 bits per heavy atom. The summed E-state index contributed by atoms with van der Waals surface area (Å²) in [7, 11) is 7.97. The van der Waals surface area contributed by atoms with Crippen LogP contribution in [0.2, 0.25) is 0 Å². The summed E-state index contributed by atoms with van der Waals surface area (Å²) in [5, 5.41) is 0. The molecule has 0 aliphatic heterocycles. The molecule has 1 radical (unpaired) electrons. The average Bonchev–Trinajstić information content (AvgIpc) is 2.13. The zero-order chi connectivity index (χ0) is 11.0. The van der Waals surface area contributed by atoms with E-state index in [2.05, 4.69) is 23.9 Å². The molecule has 3 heteroatoms. The quantitative estimate of drug-likeness (QED) is 0.381. The Morgan fingerprint density at radius 3 is 2.21 bits per heavy atom. The van der Waals surface area contributed by atoms with E-state index in [9.17, 15) is 0 Å². The smallest absolute Gasteiger partial charge is 0.195 e. The molecule has 0 aromatic rings. The Balaban J connectivity index is 3.76. The molecule has 0 fully saturated rings. The summed E-state index contributed by atoms with van der Waals surface area (Å²) in [5.74, 6) is 1.04. The van der Waals surface area contributed by atoms with Gasteiger partial charge in [-0.1, -0.05) is 26.2 Å². The molecule has 0 saturated carbocycles. The number of unbranched alkanes of at least 4 members (excludes halogenated alkanes) is 3. The lowest BCUT2D eigenvalue weighted by Crippen LogP contribution is -2.38. The Bertz CT molecular complexity index is 164. The minimum absolute atomic E-state index is 1.04. The number of hydrogen-bond acceptors (Lipinski definition) is 1. The Labute approximate surface area is 88.8 Å². The number of guanidine groups is 1. The predicted octanol–water partition coefficient (Wildman–Crippen LogP) is 1.86. The van der Waals surface area contributed by atoms with Gasteiger partial charge in [-0.05, 0) is 6.42 Å². The Kier molecular flexibility index (Phi) is 7.25. The molecule has 0 aromatic heterocycles. The van der Waals surface area contributed by atoms with Crippen LogP contribution in [0, 0.1) is 6.92 Å². The standard InChI is InChI=1S/C11H24N3/c1-6-7-8-9-10-14(5)11(12-2)13(3)4/h1,6-10H2,2-5H3. The van der Waals surface area contributed by atoms with Gasteiger partial charge in [-0.25, -0.2) is 0 Å². The zero-order valence-corrected chi connectivity index (χ0v) is 10.1. The predicted molar refractivity (Wildman–Crippen MR) is 63.5 cm³/mol. The normalized spacial score (nSPS) is 11.6. The minimum Gasteiger partial charge on any atom is -0.349 e. The summed E-state index contributed by atoms with van der Waals surface area (Å²) in [6.07, 6.45) is 4.76. The van der Waals surface area contributed by atoms with Crippen molar-refractivity contribution in [2.24, 2.45) is 4.99 Å². The van der Waals surface area contributed by atoms with E-state index in [0.717, 1.165) is 18.9 Å². The Hall–Kier alpha value is -0.730. The molecule has 0 spiro atoms. The number of aliphatic imine (C=N–C) groups is 1. The second-order valence-corrected chi connectivity index (χ2v) is 3.75. The third-order valence-electron chi connectivity index (χ3n) is 2.18. The molecule has 0 unspecified atom stereocenters. The first-order valence-electron chi connectivity index (χ1n) is 5.28. The second-order valence-electron chi connectivity index (χ2n) is 3.75. The van der Waals surface area contributed by atoms with Crippen molar-refractivity contribution >= 4 is 5.96 Å². The first-order valence-corrected chi connectivity index (χ1v) is 5.28. The van der Waals surface area contributed by atoms with Crippen molar-refractivity contribution in [3.05, 3.63) is 6.92 Å². The molecule has 0 atom stereocenters. The van der Waals surface area contributed by atoms with E-state index in [4.69, 9.17) is 0 Å². The van der Waals surface area contributed by atoms with E-state index in [0.29, 0.717) is 0 Å². The fourth-order valence-corrected chi connectivity index (χ4v) is 1.51. The van der Waals surface area contributed by atoms with E-state index in [1.165, 1.54) is 19.3 Å². The van der Waals surface area contributed by atoms with Gasteiger partial charge in [0.1, 0.15) is 0 Å². The fraction of sp³-hybridized carbons (Fsp3) is 0.818. The van der Waals surface area contributed by atoms with Gasteiger partial charge >= 0.3 is 0 Å². The number of rotatable bonds is 5. The van der Waals surface area contributed by atoms with Gasteiger partial charge in [0, 0.05) is 34.7 Å². The van der Waals surface area contributed by atoms with E-state index in [1.54, 1.807) is 0 Å². The topological polar surface area (TPSA) is 18.8 Å². The summed E-state index contributed by atoms with van der Waals surface area (Å²) in [6.45, 7) is 4.91. The van der Waals surface area contributed by atoms with Crippen molar-refractivity contribution in [3.8, 4) is 0 Å². The van der Waals surface area contributed by atoms with Crippen LogP contribution in [0.4, 0.5) is 0 Å². The molecule has 0 N–H and O–H groups in total. The molecule has 3 nitrogen and oxygen atoms in total.